The zero-order valence-electron chi connectivity index (χ0n) is 19.5. The number of hydrogen-bond acceptors (Lipinski definition) is 4. The van der Waals surface area contributed by atoms with Gasteiger partial charge in [0.15, 0.2) is 0 Å². The molecule has 7 nitrogen and oxygen atoms in total. The summed E-state index contributed by atoms with van der Waals surface area (Å²) >= 11 is 0. The zero-order valence-corrected chi connectivity index (χ0v) is 19.5. The number of rotatable bonds is 7. The van der Waals surface area contributed by atoms with Crippen LogP contribution in [0.2, 0.25) is 0 Å². The first-order valence-corrected chi connectivity index (χ1v) is 11.0. The predicted molar refractivity (Wildman–Crippen MR) is 122 cm³/mol. The molecular weight excluding hydrogens is 465 g/mol. The molecule has 188 valence electrons. The molecule has 2 aromatic carbocycles. The lowest BCUT2D eigenvalue weighted by molar-refractivity contribution is -0.182. The smallest absolute Gasteiger partial charge is 0.419 e. The fourth-order valence-corrected chi connectivity index (χ4v) is 4.13. The van der Waals surface area contributed by atoms with Crippen LogP contribution in [0, 0.1) is 5.41 Å². The Labute approximate surface area is 200 Å². The number of carboxylic acid groups (broad SMARTS) is 1. The van der Waals surface area contributed by atoms with Gasteiger partial charge in [-0.05, 0) is 34.1 Å². The van der Waals surface area contributed by atoms with E-state index in [9.17, 15) is 27.6 Å². The number of alkyl halides is 3. The van der Waals surface area contributed by atoms with E-state index in [4.69, 9.17) is 9.84 Å². The van der Waals surface area contributed by atoms with E-state index in [1.807, 2.05) is 48.5 Å². The number of amides is 2. The summed E-state index contributed by atoms with van der Waals surface area (Å²) in [5.74, 6) is -3.76. The first-order chi connectivity index (χ1) is 16.3. The monoisotopic (exact) mass is 492 g/mol. The average molecular weight is 492 g/mol. The van der Waals surface area contributed by atoms with Crippen LogP contribution >= 0.6 is 0 Å². The first-order valence-electron chi connectivity index (χ1n) is 11.0. The van der Waals surface area contributed by atoms with E-state index in [0.29, 0.717) is 0 Å². The van der Waals surface area contributed by atoms with E-state index in [0.717, 1.165) is 22.3 Å². The lowest BCUT2D eigenvalue weighted by Gasteiger charge is -2.27. The van der Waals surface area contributed by atoms with Crippen molar-refractivity contribution in [3.63, 3.8) is 0 Å². The summed E-state index contributed by atoms with van der Waals surface area (Å²) in [5, 5.41) is 12.7. The number of halogens is 3. The van der Waals surface area contributed by atoms with Gasteiger partial charge in [0.25, 0.3) is 0 Å². The maximum absolute atomic E-state index is 13.0. The van der Waals surface area contributed by atoms with Gasteiger partial charge in [0.2, 0.25) is 11.9 Å². The molecule has 2 atom stereocenters. The van der Waals surface area contributed by atoms with E-state index in [2.05, 4.69) is 5.32 Å². The topological polar surface area (TPSA) is 105 Å². The van der Waals surface area contributed by atoms with Gasteiger partial charge >= 0.3 is 18.2 Å². The summed E-state index contributed by atoms with van der Waals surface area (Å²) in [5.41, 5.74) is 3.41. The highest BCUT2D eigenvalue weighted by Gasteiger charge is 2.47. The molecule has 0 spiro atoms. The van der Waals surface area contributed by atoms with Crippen LogP contribution < -0.4 is 10.6 Å². The van der Waals surface area contributed by atoms with Crippen molar-refractivity contribution in [2.24, 2.45) is 5.41 Å². The Morgan fingerprint density at radius 3 is 1.91 bits per heavy atom. The maximum atomic E-state index is 13.0. The number of carbonyl (C=O) groups excluding carboxylic acids is 2. The molecule has 0 bridgehead atoms. The molecule has 0 saturated heterocycles. The number of carbonyl (C=O) groups is 3. The van der Waals surface area contributed by atoms with Crippen molar-refractivity contribution in [1.29, 1.82) is 0 Å². The van der Waals surface area contributed by atoms with Gasteiger partial charge in [-0.3, -0.25) is 4.79 Å². The van der Waals surface area contributed by atoms with Crippen molar-refractivity contribution in [3.05, 3.63) is 59.7 Å². The normalized spacial score (nSPS) is 14.9. The number of fused-ring (bicyclic) bond motifs is 3. The first kappa shape index (κ1) is 26.1. The molecule has 1 aliphatic rings. The third-order valence-corrected chi connectivity index (χ3v) is 5.63. The molecule has 0 fully saturated rings. The largest absolute Gasteiger partial charge is 0.479 e. The molecule has 3 rings (SSSR count). The van der Waals surface area contributed by atoms with E-state index < -0.39 is 41.6 Å². The van der Waals surface area contributed by atoms with Crippen LogP contribution in [0.4, 0.5) is 18.0 Å². The highest BCUT2D eigenvalue weighted by molar-refractivity contribution is 5.89. The van der Waals surface area contributed by atoms with E-state index in [-0.39, 0.29) is 18.9 Å². The highest BCUT2D eigenvalue weighted by atomic mass is 19.4. The standard InChI is InChI=1S/C25H27F3N2O5/c1-24(2,3)12-19(21(31)30-20(22(32)33)25(26,27)28)29-23(34)35-13-18-16-10-6-4-8-14(16)15-9-5-7-11-17(15)18/h4-11,18-20H,12-13H2,1-3H3,(H,29,34)(H,30,31)(H,32,33). The maximum Gasteiger partial charge on any atom is 0.419 e. The fraction of sp³-hybridized carbons (Fsp3) is 0.400. The van der Waals surface area contributed by atoms with Gasteiger partial charge < -0.3 is 20.5 Å². The molecule has 0 radical (unpaired) electrons. The van der Waals surface area contributed by atoms with Crippen molar-refractivity contribution in [2.75, 3.05) is 6.61 Å². The van der Waals surface area contributed by atoms with E-state index >= 15 is 0 Å². The quantitative estimate of drug-likeness (QED) is 0.529. The molecule has 35 heavy (non-hydrogen) atoms. The molecule has 0 heterocycles. The summed E-state index contributed by atoms with van der Waals surface area (Å²) in [4.78, 5) is 36.2. The number of hydrogen-bond donors (Lipinski definition) is 3. The van der Waals surface area contributed by atoms with Crippen LogP contribution in [-0.4, -0.2) is 47.9 Å². The van der Waals surface area contributed by atoms with Gasteiger partial charge in [-0.25, -0.2) is 9.59 Å². The van der Waals surface area contributed by atoms with Crippen LogP contribution in [0.3, 0.4) is 0 Å². The molecule has 10 heteroatoms. The Morgan fingerprint density at radius 2 is 1.46 bits per heavy atom. The van der Waals surface area contributed by atoms with Crippen LogP contribution in [0.25, 0.3) is 11.1 Å². The number of benzene rings is 2. The molecule has 2 aromatic rings. The van der Waals surface area contributed by atoms with Crippen LogP contribution in [0.5, 0.6) is 0 Å². The Kier molecular flexibility index (Phi) is 7.42. The summed E-state index contributed by atoms with van der Waals surface area (Å²) in [6, 6.07) is 10.8. The Balaban J connectivity index is 1.72. The second kappa shape index (κ2) is 9.97. The van der Waals surface area contributed by atoms with Gasteiger partial charge in [0.1, 0.15) is 12.6 Å². The number of carboxylic acids is 1. The minimum Gasteiger partial charge on any atom is -0.479 e. The molecular formula is C25H27F3N2O5. The lowest BCUT2D eigenvalue weighted by Crippen LogP contribution is -2.57. The molecule has 2 amide bonds. The summed E-state index contributed by atoms with van der Waals surface area (Å²) in [6.45, 7) is 5.13. The van der Waals surface area contributed by atoms with Gasteiger partial charge in [0, 0.05) is 5.92 Å². The molecule has 0 saturated carbocycles. The molecule has 0 aromatic heterocycles. The zero-order chi connectivity index (χ0) is 26.0. The SMILES string of the molecule is CC(C)(C)CC(NC(=O)OCC1c2ccccc2-c2ccccc21)C(=O)NC(C(=O)O)C(F)(F)F. The Hall–Kier alpha value is -3.56. The van der Waals surface area contributed by atoms with E-state index in [1.165, 1.54) is 5.32 Å². The molecule has 3 N–H and O–H groups in total. The second-order valence-electron chi connectivity index (χ2n) is 9.61. The Bertz CT molecular complexity index is 1070. The van der Waals surface area contributed by atoms with Gasteiger partial charge in [-0.1, -0.05) is 69.3 Å². The third-order valence-electron chi connectivity index (χ3n) is 5.63. The van der Waals surface area contributed by atoms with Crippen molar-refractivity contribution >= 4 is 18.0 Å². The van der Waals surface area contributed by atoms with Gasteiger partial charge in [-0.15, -0.1) is 0 Å². The van der Waals surface area contributed by atoms with Gasteiger partial charge in [0.05, 0.1) is 0 Å². The number of nitrogens with one attached hydrogen (secondary N) is 2. The summed E-state index contributed by atoms with van der Waals surface area (Å²) in [7, 11) is 0. The van der Waals surface area contributed by atoms with Crippen LogP contribution in [-0.2, 0) is 14.3 Å². The number of aliphatic carboxylic acids is 1. The van der Waals surface area contributed by atoms with Crippen molar-refractivity contribution in [1.82, 2.24) is 10.6 Å². The molecule has 1 aliphatic carbocycles. The summed E-state index contributed by atoms with van der Waals surface area (Å²) < 4.78 is 44.5. The molecule has 2 unspecified atom stereocenters. The predicted octanol–water partition coefficient (Wildman–Crippen LogP) is 4.46. The van der Waals surface area contributed by atoms with Gasteiger partial charge in [-0.2, -0.15) is 13.2 Å². The lowest BCUT2D eigenvalue weighted by atomic mass is 9.87. The highest BCUT2D eigenvalue weighted by Crippen LogP contribution is 2.44. The van der Waals surface area contributed by atoms with Crippen LogP contribution in [0.1, 0.15) is 44.2 Å². The Morgan fingerprint density at radius 1 is 0.943 bits per heavy atom. The van der Waals surface area contributed by atoms with Crippen LogP contribution in [0.15, 0.2) is 48.5 Å². The second-order valence-corrected chi connectivity index (χ2v) is 9.61. The fourth-order valence-electron chi connectivity index (χ4n) is 4.13. The minimum absolute atomic E-state index is 0.0484. The van der Waals surface area contributed by atoms with E-state index in [1.54, 1.807) is 20.8 Å². The number of ether oxygens (including phenoxy) is 1. The average Bonchev–Trinajstić information content (AvgIpc) is 3.07. The van der Waals surface area contributed by atoms with Crippen molar-refractivity contribution in [3.8, 4) is 11.1 Å². The van der Waals surface area contributed by atoms with Crippen molar-refractivity contribution in [2.45, 2.75) is 51.4 Å². The molecule has 0 aliphatic heterocycles. The summed E-state index contributed by atoms with van der Waals surface area (Å²) in [6.07, 6.45) is -6.24. The van der Waals surface area contributed by atoms with Crippen molar-refractivity contribution < 1.29 is 37.4 Å². The third kappa shape index (κ3) is 6.32. The minimum atomic E-state index is -5.20. The number of alkyl carbamates (subject to hydrolysis) is 1.